The van der Waals surface area contributed by atoms with E-state index in [0.717, 1.165) is 47.2 Å². The third-order valence-corrected chi connectivity index (χ3v) is 5.25. The first kappa shape index (κ1) is 14.2. The van der Waals surface area contributed by atoms with Gasteiger partial charge in [-0.1, -0.05) is 5.21 Å². The van der Waals surface area contributed by atoms with Crippen molar-refractivity contribution in [2.75, 3.05) is 0 Å². The molecule has 1 aromatic carbocycles. The Hall–Kier alpha value is -1.43. The van der Waals surface area contributed by atoms with Gasteiger partial charge in [0.2, 0.25) is 0 Å². The van der Waals surface area contributed by atoms with Gasteiger partial charge in [0, 0.05) is 13.0 Å². The number of carbonyl (C=O) groups excluding carboxylic acids is 1. The van der Waals surface area contributed by atoms with Crippen LogP contribution in [0.3, 0.4) is 0 Å². The van der Waals surface area contributed by atoms with Crippen LogP contribution in [-0.2, 0) is 11.3 Å². The van der Waals surface area contributed by atoms with Crippen molar-refractivity contribution >= 4 is 32.7 Å². The van der Waals surface area contributed by atoms with E-state index in [4.69, 9.17) is 4.74 Å². The van der Waals surface area contributed by atoms with Crippen LogP contribution < -0.4 is 4.74 Å². The molecule has 4 rings (SSSR count). The first-order valence-corrected chi connectivity index (χ1v) is 8.73. The Morgan fingerprint density at radius 2 is 2.14 bits per heavy atom. The van der Waals surface area contributed by atoms with Crippen LogP contribution in [0.2, 0.25) is 0 Å². The Bertz CT molecular complexity index is 723. The molecule has 2 fully saturated rings. The Balaban J connectivity index is 1.61. The molecule has 0 amide bonds. The number of hydrogen-bond donors (Lipinski definition) is 0. The van der Waals surface area contributed by atoms with E-state index in [1.165, 1.54) is 12.8 Å². The summed E-state index contributed by atoms with van der Waals surface area (Å²) in [5.74, 6) is 1.64. The van der Waals surface area contributed by atoms with Crippen molar-refractivity contribution in [1.82, 2.24) is 15.0 Å². The summed E-state index contributed by atoms with van der Waals surface area (Å²) in [6.07, 6.45) is 5.72. The number of halogens is 1. The highest BCUT2D eigenvalue weighted by molar-refractivity contribution is 9.10. The second-order valence-electron chi connectivity index (χ2n) is 6.28. The van der Waals surface area contributed by atoms with Crippen LogP contribution in [0.15, 0.2) is 16.6 Å². The lowest BCUT2D eigenvalue weighted by Crippen LogP contribution is -2.30. The zero-order valence-corrected chi connectivity index (χ0v) is 13.9. The minimum atomic E-state index is -0.316. The molecule has 2 aliphatic rings. The van der Waals surface area contributed by atoms with Gasteiger partial charge < -0.3 is 4.74 Å². The number of benzene rings is 1. The van der Waals surface area contributed by atoms with E-state index in [2.05, 4.69) is 26.2 Å². The molecule has 0 saturated heterocycles. The molecule has 2 saturated carbocycles. The van der Waals surface area contributed by atoms with Crippen molar-refractivity contribution in [1.29, 1.82) is 0 Å². The van der Waals surface area contributed by atoms with Crippen molar-refractivity contribution in [2.45, 2.75) is 51.2 Å². The van der Waals surface area contributed by atoms with Crippen LogP contribution in [0.25, 0.3) is 11.0 Å². The first-order chi connectivity index (χ1) is 10.7. The number of hydrogen-bond acceptors (Lipinski definition) is 4. The monoisotopic (exact) mass is 363 g/mol. The molecule has 22 heavy (non-hydrogen) atoms. The summed E-state index contributed by atoms with van der Waals surface area (Å²) < 4.78 is 8.70. The van der Waals surface area contributed by atoms with Crippen molar-refractivity contribution < 1.29 is 9.53 Å². The van der Waals surface area contributed by atoms with E-state index in [1.54, 1.807) is 0 Å². The average Bonchev–Trinajstić information content (AvgIpc) is 3.24. The molecule has 0 spiro atoms. The minimum absolute atomic E-state index is 0.204. The summed E-state index contributed by atoms with van der Waals surface area (Å²) in [4.78, 5) is 11.9. The fourth-order valence-corrected chi connectivity index (χ4v) is 3.49. The summed E-state index contributed by atoms with van der Waals surface area (Å²) in [5, 5.41) is 8.53. The quantitative estimate of drug-likeness (QED) is 0.833. The summed E-state index contributed by atoms with van der Waals surface area (Å²) in [7, 11) is 0. The van der Waals surface area contributed by atoms with Crippen LogP contribution in [0.5, 0.6) is 5.75 Å². The van der Waals surface area contributed by atoms with Gasteiger partial charge in [0.1, 0.15) is 11.3 Å². The maximum absolute atomic E-state index is 11.9. The molecular weight excluding hydrogens is 346 g/mol. The van der Waals surface area contributed by atoms with Gasteiger partial charge in [-0.2, -0.15) is 0 Å². The van der Waals surface area contributed by atoms with Gasteiger partial charge in [-0.15, -0.1) is 5.10 Å². The van der Waals surface area contributed by atoms with Crippen LogP contribution in [0.4, 0.5) is 0 Å². The van der Waals surface area contributed by atoms with Gasteiger partial charge in [0.15, 0.2) is 11.9 Å². The molecule has 0 aliphatic heterocycles. The molecule has 6 heteroatoms. The fraction of sp³-hybridized carbons (Fsp3) is 0.562. The molecular formula is C16H18BrN3O2. The second-order valence-corrected chi connectivity index (χ2v) is 7.07. The number of ketones is 1. The summed E-state index contributed by atoms with van der Waals surface area (Å²) >= 11 is 3.57. The highest BCUT2D eigenvalue weighted by Gasteiger charge is 2.26. The van der Waals surface area contributed by atoms with Crippen molar-refractivity contribution in [3.8, 4) is 5.75 Å². The lowest BCUT2D eigenvalue weighted by molar-refractivity contribution is -0.127. The van der Waals surface area contributed by atoms with E-state index in [0.29, 0.717) is 12.2 Å². The molecule has 2 aliphatic carbocycles. The maximum Gasteiger partial charge on any atom is 0.173 e. The van der Waals surface area contributed by atoms with Crippen LogP contribution in [0, 0.1) is 5.92 Å². The number of ether oxygens (including phenoxy) is 1. The molecule has 5 nitrogen and oxygen atoms in total. The molecule has 116 valence electrons. The molecule has 1 heterocycles. The number of aromatic nitrogens is 3. The Morgan fingerprint density at radius 3 is 2.91 bits per heavy atom. The Morgan fingerprint density at radius 1 is 1.27 bits per heavy atom. The molecule has 2 aromatic rings. The maximum atomic E-state index is 11.9. The Labute approximate surface area is 137 Å². The molecule has 1 aromatic heterocycles. The van der Waals surface area contributed by atoms with Crippen LogP contribution in [0.1, 0.15) is 38.5 Å². The van der Waals surface area contributed by atoms with E-state index >= 15 is 0 Å². The molecule has 1 atom stereocenters. The molecule has 1 unspecified atom stereocenters. The smallest absolute Gasteiger partial charge is 0.173 e. The van der Waals surface area contributed by atoms with Crippen molar-refractivity contribution in [3.63, 3.8) is 0 Å². The lowest BCUT2D eigenvalue weighted by atomic mass is 9.96. The van der Waals surface area contributed by atoms with Crippen molar-refractivity contribution in [3.05, 3.63) is 16.6 Å². The lowest BCUT2D eigenvalue weighted by Gasteiger charge is -2.22. The van der Waals surface area contributed by atoms with E-state index in [-0.39, 0.29) is 11.9 Å². The van der Waals surface area contributed by atoms with Crippen LogP contribution in [-0.4, -0.2) is 26.9 Å². The highest BCUT2D eigenvalue weighted by atomic mass is 79.9. The van der Waals surface area contributed by atoms with Gasteiger partial charge in [-0.25, -0.2) is 4.68 Å². The number of nitrogens with zero attached hydrogens (tertiary/aromatic N) is 3. The predicted molar refractivity (Wildman–Crippen MR) is 85.8 cm³/mol. The number of carbonyl (C=O) groups is 1. The zero-order valence-electron chi connectivity index (χ0n) is 12.3. The standard InChI is InChI=1S/C16H18BrN3O2/c17-15-14(22-13-4-2-1-3-12(13)21)8-7-11-16(15)18-19-20(11)9-10-5-6-10/h7-8,10,13H,1-6,9H2. The van der Waals surface area contributed by atoms with Gasteiger partial charge >= 0.3 is 0 Å². The SMILES string of the molecule is O=C1CCCCC1Oc1ccc2c(nnn2CC2CC2)c1Br. The third kappa shape index (κ3) is 2.64. The van der Waals surface area contributed by atoms with E-state index < -0.39 is 0 Å². The number of fused-ring (bicyclic) bond motifs is 1. The largest absolute Gasteiger partial charge is 0.481 e. The molecule has 0 bridgehead atoms. The van der Waals surface area contributed by atoms with Gasteiger partial charge in [-0.05, 0) is 66.1 Å². The average molecular weight is 364 g/mol. The molecule has 0 radical (unpaired) electrons. The van der Waals surface area contributed by atoms with Gasteiger partial charge in [0.25, 0.3) is 0 Å². The topological polar surface area (TPSA) is 57.0 Å². The van der Waals surface area contributed by atoms with Crippen molar-refractivity contribution in [2.24, 2.45) is 5.92 Å². The second kappa shape index (κ2) is 5.65. The summed E-state index contributed by atoms with van der Waals surface area (Å²) in [6.45, 7) is 0.935. The summed E-state index contributed by atoms with van der Waals surface area (Å²) in [6, 6.07) is 3.91. The van der Waals surface area contributed by atoms with Crippen LogP contribution >= 0.6 is 15.9 Å². The predicted octanol–water partition coefficient (Wildman–Crippen LogP) is 3.49. The highest BCUT2D eigenvalue weighted by Crippen LogP contribution is 2.35. The normalized spacial score (nSPS) is 22.2. The first-order valence-electron chi connectivity index (χ1n) is 7.93. The van der Waals surface area contributed by atoms with E-state index in [1.807, 2.05) is 16.8 Å². The molecule has 0 N–H and O–H groups in total. The van der Waals surface area contributed by atoms with E-state index in [9.17, 15) is 4.79 Å². The fourth-order valence-electron chi connectivity index (χ4n) is 2.99. The zero-order chi connectivity index (χ0) is 15.1. The van der Waals surface area contributed by atoms with Gasteiger partial charge in [-0.3, -0.25) is 4.79 Å². The number of Topliss-reactive ketones (excluding diaryl/α,β-unsaturated/α-hetero) is 1. The minimum Gasteiger partial charge on any atom is -0.481 e. The summed E-state index contributed by atoms with van der Waals surface area (Å²) in [5.41, 5.74) is 1.82. The Kier molecular flexibility index (Phi) is 3.64. The number of rotatable bonds is 4. The van der Waals surface area contributed by atoms with Gasteiger partial charge in [0.05, 0.1) is 9.99 Å². The third-order valence-electron chi connectivity index (χ3n) is 4.49.